The van der Waals surface area contributed by atoms with Gasteiger partial charge in [-0.05, 0) is 31.0 Å². The van der Waals surface area contributed by atoms with E-state index in [1.807, 2.05) is 6.92 Å². The van der Waals surface area contributed by atoms with Gasteiger partial charge >= 0.3 is 5.97 Å². The molecule has 3 heteroatoms. The Labute approximate surface area is 89.1 Å². The summed E-state index contributed by atoms with van der Waals surface area (Å²) in [5.74, 6) is -0.748. The van der Waals surface area contributed by atoms with Crippen molar-refractivity contribution in [3.63, 3.8) is 0 Å². The fourth-order valence-electron chi connectivity index (χ4n) is 2.11. The Morgan fingerprint density at radius 2 is 2.40 bits per heavy atom. The lowest BCUT2D eigenvalue weighted by molar-refractivity contribution is -0.137. The summed E-state index contributed by atoms with van der Waals surface area (Å²) in [5, 5.41) is 12.1. The van der Waals surface area contributed by atoms with Crippen molar-refractivity contribution in [1.82, 2.24) is 5.32 Å². The van der Waals surface area contributed by atoms with Crippen molar-refractivity contribution in [2.75, 3.05) is 6.54 Å². The molecular weight excluding hydrogens is 190 g/mol. The third kappa shape index (κ3) is 2.18. The van der Waals surface area contributed by atoms with Gasteiger partial charge in [0.05, 0.1) is 6.42 Å². The van der Waals surface area contributed by atoms with Crippen molar-refractivity contribution in [1.29, 1.82) is 0 Å². The van der Waals surface area contributed by atoms with Gasteiger partial charge in [-0.2, -0.15) is 0 Å². The summed E-state index contributed by atoms with van der Waals surface area (Å²) >= 11 is 0. The summed E-state index contributed by atoms with van der Waals surface area (Å²) in [6.07, 6.45) is 1.15. The Balaban J connectivity index is 2.32. The predicted octanol–water partition coefficient (Wildman–Crippen LogP) is 1.66. The normalized spacial score (nSPS) is 19.7. The number of fused-ring (bicyclic) bond motifs is 1. The van der Waals surface area contributed by atoms with Crippen LogP contribution in [0.3, 0.4) is 0 Å². The number of nitrogens with one attached hydrogen (secondary N) is 1. The van der Waals surface area contributed by atoms with Crippen LogP contribution < -0.4 is 5.32 Å². The largest absolute Gasteiger partial charge is 0.481 e. The molecule has 2 rings (SSSR count). The molecule has 0 radical (unpaired) electrons. The molecule has 0 saturated carbocycles. The Hall–Kier alpha value is -1.35. The number of benzene rings is 1. The van der Waals surface area contributed by atoms with Crippen LogP contribution in [0.2, 0.25) is 0 Å². The van der Waals surface area contributed by atoms with Crippen LogP contribution >= 0.6 is 0 Å². The van der Waals surface area contributed by atoms with E-state index in [1.54, 1.807) is 0 Å². The second-order valence-corrected chi connectivity index (χ2v) is 4.06. The molecule has 0 aliphatic carbocycles. The highest BCUT2D eigenvalue weighted by atomic mass is 16.4. The zero-order chi connectivity index (χ0) is 10.8. The molecule has 0 fully saturated rings. The molecule has 0 aromatic heterocycles. The molecule has 3 nitrogen and oxygen atoms in total. The number of carboxylic acid groups (broad SMARTS) is 1. The smallest absolute Gasteiger partial charge is 0.305 e. The summed E-state index contributed by atoms with van der Waals surface area (Å²) in [7, 11) is 0. The highest BCUT2D eigenvalue weighted by Gasteiger charge is 2.21. The number of hydrogen-bond acceptors (Lipinski definition) is 2. The first-order chi connectivity index (χ1) is 7.16. The number of carboxylic acids is 1. The fraction of sp³-hybridized carbons (Fsp3) is 0.417. The van der Waals surface area contributed by atoms with Gasteiger partial charge in [-0.3, -0.25) is 4.79 Å². The van der Waals surface area contributed by atoms with Crippen LogP contribution in [-0.4, -0.2) is 17.6 Å². The number of aliphatic carboxylic acids is 1. The van der Waals surface area contributed by atoms with E-state index in [1.165, 1.54) is 11.1 Å². The van der Waals surface area contributed by atoms with Gasteiger partial charge in [0.1, 0.15) is 0 Å². The van der Waals surface area contributed by atoms with Crippen molar-refractivity contribution >= 4 is 5.97 Å². The van der Waals surface area contributed by atoms with Gasteiger partial charge in [0, 0.05) is 6.04 Å². The van der Waals surface area contributed by atoms with E-state index in [2.05, 4.69) is 23.5 Å². The van der Waals surface area contributed by atoms with Crippen LogP contribution in [0.1, 0.15) is 29.2 Å². The van der Waals surface area contributed by atoms with Gasteiger partial charge in [-0.15, -0.1) is 0 Å². The Morgan fingerprint density at radius 1 is 1.60 bits per heavy atom. The molecule has 0 spiro atoms. The van der Waals surface area contributed by atoms with Crippen molar-refractivity contribution in [2.24, 2.45) is 0 Å². The Morgan fingerprint density at radius 3 is 3.13 bits per heavy atom. The molecule has 1 aliphatic rings. The molecule has 1 heterocycles. The fourth-order valence-corrected chi connectivity index (χ4v) is 2.11. The van der Waals surface area contributed by atoms with E-state index in [9.17, 15) is 4.79 Å². The van der Waals surface area contributed by atoms with Gasteiger partial charge in [0.25, 0.3) is 0 Å². The number of carbonyl (C=O) groups is 1. The van der Waals surface area contributed by atoms with E-state index < -0.39 is 5.97 Å². The quantitative estimate of drug-likeness (QED) is 0.772. The van der Waals surface area contributed by atoms with Gasteiger partial charge in [-0.1, -0.05) is 23.8 Å². The first-order valence-corrected chi connectivity index (χ1v) is 5.21. The maximum Gasteiger partial charge on any atom is 0.305 e. The molecule has 0 bridgehead atoms. The van der Waals surface area contributed by atoms with Gasteiger partial charge in [-0.25, -0.2) is 0 Å². The zero-order valence-corrected chi connectivity index (χ0v) is 8.79. The Kier molecular flexibility index (Phi) is 2.73. The molecule has 80 valence electrons. The molecule has 0 saturated heterocycles. The second-order valence-electron chi connectivity index (χ2n) is 4.06. The van der Waals surface area contributed by atoms with E-state index in [-0.39, 0.29) is 12.5 Å². The molecule has 2 N–H and O–H groups in total. The molecule has 1 aromatic carbocycles. The van der Waals surface area contributed by atoms with Crippen LogP contribution in [0.5, 0.6) is 0 Å². The van der Waals surface area contributed by atoms with E-state index in [4.69, 9.17) is 5.11 Å². The lowest BCUT2D eigenvalue weighted by atomic mass is 9.91. The maximum atomic E-state index is 10.7. The van der Waals surface area contributed by atoms with Gasteiger partial charge in [0.2, 0.25) is 0 Å². The average Bonchev–Trinajstić information content (AvgIpc) is 2.18. The third-order valence-corrected chi connectivity index (χ3v) is 2.84. The first kappa shape index (κ1) is 10.2. The van der Waals surface area contributed by atoms with Crippen molar-refractivity contribution in [3.05, 3.63) is 34.9 Å². The van der Waals surface area contributed by atoms with Crippen LogP contribution in [-0.2, 0) is 11.2 Å². The van der Waals surface area contributed by atoms with E-state index in [0.29, 0.717) is 0 Å². The summed E-state index contributed by atoms with van der Waals surface area (Å²) < 4.78 is 0. The summed E-state index contributed by atoms with van der Waals surface area (Å²) in [4.78, 5) is 10.7. The van der Waals surface area contributed by atoms with E-state index >= 15 is 0 Å². The van der Waals surface area contributed by atoms with Gasteiger partial charge < -0.3 is 10.4 Å². The van der Waals surface area contributed by atoms with Crippen molar-refractivity contribution < 1.29 is 9.90 Å². The first-order valence-electron chi connectivity index (χ1n) is 5.21. The lowest BCUT2D eigenvalue weighted by Crippen LogP contribution is -2.31. The van der Waals surface area contributed by atoms with Crippen LogP contribution in [0.15, 0.2) is 18.2 Å². The molecule has 15 heavy (non-hydrogen) atoms. The minimum Gasteiger partial charge on any atom is -0.481 e. The van der Waals surface area contributed by atoms with E-state index in [0.717, 1.165) is 18.5 Å². The highest BCUT2D eigenvalue weighted by Crippen LogP contribution is 2.26. The minimum absolute atomic E-state index is 0.0221. The van der Waals surface area contributed by atoms with Crippen LogP contribution in [0.4, 0.5) is 0 Å². The molecular formula is C12H15NO2. The summed E-state index contributed by atoms with van der Waals surface area (Å²) in [5.41, 5.74) is 3.63. The summed E-state index contributed by atoms with van der Waals surface area (Å²) in [6, 6.07) is 6.27. The molecule has 1 atom stereocenters. The van der Waals surface area contributed by atoms with Gasteiger partial charge in [0.15, 0.2) is 0 Å². The molecule has 1 aliphatic heterocycles. The SMILES string of the molecule is Cc1ccc2c(c1)C(CC(=O)O)NCC2. The number of rotatable bonds is 2. The lowest BCUT2D eigenvalue weighted by Gasteiger charge is -2.26. The van der Waals surface area contributed by atoms with Crippen molar-refractivity contribution in [3.8, 4) is 0 Å². The monoisotopic (exact) mass is 205 g/mol. The maximum absolute atomic E-state index is 10.7. The molecule has 1 unspecified atom stereocenters. The van der Waals surface area contributed by atoms with Crippen molar-refractivity contribution in [2.45, 2.75) is 25.8 Å². The third-order valence-electron chi connectivity index (χ3n) is 2.84. The van der Waals surface area contributed by atoms with Crippen LogP contribution in [0, 0.1) is 6.92 Å². The second kappa shape index (κ2) is 4.03. The summed E-state index contributed by atoms with van der Waals surface area (Å²) in [6.45, 7) is 2.90. The molecule has 0 amide bonds. The van der Waals surface area contributed by atoms with Crippen LogP contribution in [0.25, 0.3) is 0 Å². The number of hydrogen-bond donors (Lipinski definition) is 2. The highest BCUT2D eigenvalue weighted by molar-refractivity contribution is 5.68. The minimum atomic E-state index is -0.748. The zero-order valence-electron chi connectivity index (χ0n) is 8.79. The average molecular weight is 205 g/mol. The Bertz CT molecular complexity index is 387. The number of aryl methyl sites for hydroxylation is 1. The topological polar surface area (TPSA) is 49.3 Å². The standard InChI is InChI=1S/C12H15NO2/c1-8-2-3-9-4-5-13-11(7-12(14)15)10(9)6-8/h2-3,6,11,13H,4-5,7H2,1H3,(H,14,15). The predicted molar refractivity (Wildman–Crippen MR) is 57.9 cm³/mol. The molecule has 1 aromatic rings.